The monoisotopic (exact) mass is 262 g/mol. The van der Waals surface area contributed by atoms with Crippen molar-refractivity contribution in [3.63, 3.8) is 0 Å². The minimum Gasteiger partial charge on any atom is -0.496 e. The van der Waals surface area contributed by atoms with Crippen LogP contribution >= 0.6 is 11.5 Å². The number of benzene rings is 1. The first kappa shape index (κ1) is 11.5. The maximum absolute atomic E-state index is 12.1. The van der Waals surface area contributed by atoms with Crippen LogP contribution in [0.1, 0.15) is 12.8 Å². The van der Waals surface area contributed by atoms with Crippen molar-refractivity contribution in [2.45, 2.75) is 12.8 Å². The summed E-state index contributed by atoms with van der Waals surface area (Å²) >= 11 is 1.40. The second-order valence-electron chi connectivity index (χ2n) is 4.51. The zero-order chi connectivity index (χ0) is 12.7. The van der Waals surface area contributed by atoms with E-state index >= 15 is 0 Å². The first-order valence-corrected chi connectivity index (χ1v) is 6.69. The molecule has 0 unspecified atom stereocenters. The molecule has 1 aliphatic rings. The number of carbonyl (C=O) groups is 1. The molecule has 94 valence electrons. The van der Waals surface area contributed by atoms with Crippen LogP contribution in [0.2, 0.25) is 0 Å². The third-order valence-electron chi connectivity index (χ3n) is 3.24. The van der Waals surface area contributed by atoms with Gasteiger partial charge in [0.1, 0.15) is 5.75 Å². The number of nitrogens with zero attached hydrogens (tertiary/aromatic N) is 2. The largest absolute Gasteiger partial charge is 0.496 e. The first-order valence-electron chi connectivity index (χ1n) is 5.92. The minimum atomic E-state index is 0.160. The van der Waals surface area contributed by atoms with E-state index in [1.165, 1.54) is 11.5 Å². The molecule has 3 rings (SSSR count). The molecule has 5 heteroatoms. The van der Waals surface area contributed by atoms with E-state index in [-0.39, 0.29) is 11.8 Å². The maximum Gasteiger partial charge on any atom is 0.231 e. The normalized spacial score (nSPS) is 14.8. The lowest BCUT2D eigenvalue weighted by molar-refractivity contribution is -0.119. The number of ether oxygens (including phenoxy) is 1. The molecule has 0 radical (unpaired) electrons. The second-order valence-corrected chi connectivity index (χ2v) is 5.32. The molecule has 0 saturated heterocycles. The molecule has 0 aliphatic heterocycles. The van der Waals surface area contributed by atoms with Crippen LogP contribution in [-0.4, -0.2) is 24.4 Å². The van der Waals surface area contributed by atoms with E-state index in [0.29, 0.717) is 5.82 Å². The van der Waals surface area contributed by atoms with Crippen molar-refractivity contribution in [1.29, 1.82) is 0 Å². The third kappa shape index (κ3) is 1.75. The smallest absolute Gasteiger partial charge is 0.231 e. The zero-order valence-corrected chi connectivity index (χ0v) is 11.2. The van der Waals surface area contributed by atoms with Crippen molar-refractivity contribution < 1.29 is 9.53 Å². The van der Waals surface area contributed by atoms with E-state index in [4.69, 9.17) is 4.74 Å². The Morgan fingerprint density at radius 1 is 1.50 bits per heavy atom. The highest BCUT2D eigenvalue weighted by atomic mass is 32.1. The van der Waals surface area contributed by atoms with Gasteiger partial charge in [-0.15, -0.1) is 0 Å². The fourth-order valence-electron chi connectivity index (χ4n) is 2.05. The maximum atomic E-state index is 12.1. The van der Waals surface area contributed by atoms with Crippen LogP contribution in [0.15, 0.2) is 18.2 Å². The Hall–Kier alpha value is -1.62. The molecule has 1 amide bonds. The van der Waals surface area contributed by atoms with E-state index in [9.17, 15) is 4.79 Å². The molecule has 2 aromatic rings. The second kappa shape index (κ2) is 4.24. The molecule has 0 bridgehead atoms. The van der Waals surface area contributed by atoms with Gasteiger partial charge in [0.15, 0.2) is 5.82 Å². The summed E-state index contributed by atoms with van der Waals surface area (Å²) in [6, 6.07) is 5.83. The van der Waals surface area contributed by atoms with Crippen molar-refractivity contribution in [2.24, 2.45) is 5.92 Å². The van der Waals surface area contributed by atoms with Gasteiger partial charge >= 0.3 is 0 Å². The molecular formula is C13H14N2O2S. The highest BCUT2D eigenvalue weighted by Gasteiger charge is 2.34. The average molecular weight is 262 g/mol. The molecule has 18 heavy (non-hydrogen) atoms. The molecule has 1 aromatic heterocycles. The Morgan fingerprint density at radius 3 is 2.94 bits per heavy atom. The van der Waals surface area contributed by atoms with E-state index in [0.717, 1.165) is 28.7 Å². The van der Waals surface area contributed by atoms with Gasteiger partial charge in [-0.1, -0.05) is 6.07 Å². The minimum absolute atomic E-state index is 0.160. The van der Waals surface area contributed by atoms with Crippen molar-refractivity contribution in [3.05, 3.63) is 18.2 Å². The number of carbonyl (C=O) groups excluding carboxylic acids is 1. The van der Waals surface area contributed by atoms with E-state index < -0.39 is 0 Å². The number of anilines is 1. The quantitative estimate of drug-likeness (QED) is 0.854. The number of methoxy groups -OCH3 is 1. The summed E-state index contributed by atoms with van der Waals surface area (Å²) in [5.74, 6) is 1.84. The summed E-state index contributed by atoms with van der Waals surface area (Å²) in [5, 5.41) is 0.932. The summed E-state index contributed by atoms with van der Waals surface area (Å²) in [6.45, 7) is 0. The summed E-state index contributed by atoms with van der Waals surface area (Å²) in [7, 11) is 3.43. The summed E-state index contributed by atoms with van der Waals surface area (Å²) in [6.07, 6.45) is 2.00. The van der Waals surface area contributed by atoms with Crippen molar-refractivity contribution in [1.82, 2.24) is 4.37 Å². The Labute approximate surface area is 109 Å². The standard InChI is InChI=1S/C13H14N2O2S/c1-15(13(16)8-6-7-8)12-11-9(17-2)4-3-5-10(11)18-14-12/h3-5,8H,6-7H2,1-2H3. The number of aromatic nitrogens is 1. The Kier molecular flexibility index (Phi) is 2.70. The lowest BCUT2D eigenvalue weighted by atomic mass is 10.2. The fraction of sp³-hybridized carbons (Fsp3) is 0.385. The number of fused-ring (bicyclic) bond motifs is 1. The summed E-state index contributed by atoms with van der Waals surface area (Å²) < 4.78 is 10.8. The van der Waals surface area contributed by atoms with Crippen LogP contribution in [0.4, 0.5) is 5.82 Å². The van der Waals surface area contributed by atoms with E-state index in [2.05, 4.69) is 4.37 Å². The van der Waals surface area contributed by atoms with Gasteiger partial charge in [-0.3, -0.25) is 9.69 Å². The molecule has 1 aliphatic carbocycles. The van der Waals surface area contributed by atoms with Crippen LogP contribution in [-0.2, 0) is 4.79 Å². The molecule has 1 fully saturated rings. The Balaban J connectivity index is 2.08. The lowest BCUT2D eigenvalue weighted by Crippen LogP contribution is -2.28. The van der Waals surface area contributed by atoms with Gasteiger partial charge in [0.05, 0.1) is 17.2 Å². The zero-order valence-electron chi connectivity index (χ0n) is 10.3. The fourth-order valence-corrected chi connectivity index (χ4v) is 2.87. The van der Waals surface area contributed by atoms with Crippen molar-refractivity contribution in [2.75, 3.05) is 19.1 Å². The lowest BCUT2D eigenvalue weighted by Gasteiger charge is -2.15. The van der Waals surface area contributed by atoms with Crippen LogP contribution in [0.25, 0.3) is 10.1 Å². The van der Waals surface area contributed by atoms with Gasteiger partial charge in [-0.2, -0.15) is 4.37 Å². The predicted molar refractivity (Wildman–Crippen MR) is 72.3 cm³/mol. The molecule has 4 nitrogen and oxygen atoms in total. The molecule has 1 saturated carbocycles. The summed E-state index contributed by atoms with van der Waals surface area (Å²) in [4.78, 5) is 13.8. The molecule has 0 atom stereocenters. The first-order chi connectivity index (χ1) is 8.72. The molecule has 0 N–H and O–H groups in total. The molecule has 0 spiro atoms. The molecular weight excluding hydrogens is 248 g/mol. The Bertz CT molecular complexity index is 604. The number of amides is 1. The van der Waals surface area contributed by atoms with Gasteiger partial charge in [-0.25, -0.2) is 0 Å². The Morgan fingerprint density at radius 2 is 2.28 bits per heavy atom. The van der Waals surface area contributed by atoms with Crippen LogP contribution in [0, 0.1) is 5.92 Å². The highest BCUT2D eigenvalue weighted by molar-refractivity contribution is 7.13. The molecule has 1 aromatic carbocycles. The average Bonchev–Trinajstić information content (AvgIpc) is 3.16. The van der Waals surface area contributed by atoms with Gasteiger partial charge in [0.2, 0.25) is 5.91 Å². The van der Waals surface area contributed by atoms with Crippen LogP contribution in [0.5, 0.6) is 5.75 Å². The predicted octanol–water partition coefficient (Wildman–Crippen LogP) is 2.68. The van der Waals surface area contributed by atoms with Crippen LogP contribution in [0.3, 0.4) is 0 Å². The van der Waals surface area contributed by atoms with Crippen molar-refractivity contribution >= 4 is 33.3 Å². The van der Waals surface area contributed by atoms with Gasteiger partial charge in [0, 0.05) is 13.0 Å². The number of hydrogen-bond donors (Lipinski definition) is 0. The van der Waals surface area contributed by atoms with Gasteiger partial charge < -0.3 is 4.74 Å². The van der Waals surface area contributed by atoms with E-state index in [1.54, 1.807) is 19.1 Å². The SMILES string of the molecule is COc1cccc2snc(N(C)C(=O)C3CC3)c12. The topological polar surface area (TPSA) is 42.4 Å². The van der Waals surface area contributed by atoms with Gasteiger partial charge in [0.25, 0.3) is 0 Å². The van der Waals surface area contributed by atoms with E-state index in [1.807, 2.05) is 18.2 Å². The highest BCUT2D eigenvalue weighted by Crippen LogP contribution is 2.38. The van der Waals surface area contributed by atoms with Gasteiger partial charge in [-0.05, 0) is 36.5 Å². The number of rotatable bonds is 3. The van der Waals surface area contributed by atoms with Crippen LogP contribution < -0.4 is 9.64 Å². The van der Waals surface area contributed by atoms with Crippen molar-refractivity contribution in [3.8, 4) is 5.75 Å². The molecule has 1 heterocycles. The number of hydrogen-bond acceptors (Lipinski definition) is 4. The summed E-state index contributed by atoms with van der Waals surface area (Å²) in [5.41, 5.74) is 0. The third-order valence-corrected chi connectivity index (χ3v) is 4.04.